The molecule has 22 heteroatoms. The number of carboxylic acids is 1. The summed E-state index contributed by atoms with van der Waals surface area (Å²) >= 11 is 0.965. The number of aromatic nitrogens is 3. The third kappa shape index (κ3) is 7.90. The molecule has 292 valence electrons. The number of fused-ring (bicyclic) bond motifs is 1. The highest BCUT2D eigenvalue weighted by Gasteiger charge is 2.58. The summed E-state index contributed by atoms with van der Waals surface area (Å²) in [5.74, 6) is -2.54. The van der Waals surface area contributed by atoms with Crippen LogP contribution in [0.4, 0.5) is 5.13 Å². The molecular weight excluding hydrogens is 751 g/mol. The molecule has 5 heterocycles. The van der Waals surface area contributed by atoms with Crippen molar-refractivity contribution in [2.24, 2.45) is 16.8 Å². The van der Waals surface area contributed by atoms with E-state index in [0.29, 0.717) is 29.7 Å². The topological polar surface area (TPSA) is 287 Å². The van der Waals surface area contributed by atoms with Gasteiger partial charge < -0.3 is 41.9 Å². The standard InChI is InChI=1S/C32H41N9O11S2/c1-31(2)26(28(44)41(31)52-54(47,48)49)37-27(43)25(22-16-53-30(34)36-22)38-51-32(3,29(45)46)24-7-5-19-8-18(4-6-23(19)50-24)20-13-39(12-17-10-35-11-17)40(14-20)15-21(42)9-33/h4,6,8,13-14,16-17,21,24,26,35,42H,5,7,9-12,15,33H2,1-3H3,(H4-,34,36,37,43,45,46,47,48,49)/p+1/b38-25-/t21?,24-,26-,32?/m1/s1. The lowest BCUT2D eigenvalue weighted by Gasteiger charge is -2.50. The van der Waals surface area contributed by atoms with Crippen LogP contribution in [0, 0.1) is 5.92 Å². The first kappa shape index (κ1) is 39.0. The second kappa shape index (κ2) is 14.8. The summed E-state index contributed by atoms with van der Waals surface area (Å²) in [7, 11) is -5.04. The van der Waals surface area contributed by atoms with Crippen molar-refractivity contribution < 1.29 is 56.1 Å². The molecule has 3 aromatic rings. The number of nitrogens with two attached hydrogens (primary N) is 2. The lowest BCUT2D eigenvalue weighted by Crippen LogP contribution is -2.76. The van der Waals surface area contributed by atoms with Gasteiger partial charge in [0, 0.05) is 30.9 Å². The third-order valence-electron chi connectivity index (χ3n) is 9.69. The van der Waals surface area contributed by atoms with E-state index in [1.54, 1.807) is 6.07 Å². The van der Waals surface area contributed by atoms with Crippen LogP contribution in [-0.4, -0.2) is 110 Å². The van der Waals surface area contributed by atoms with Crippen LogP contribution in [0.3, 0.4) is 0 Å². The summed E-state index contributed by atoms with van der Waals surface area (Å²) in [5.41, 5.74) is 9.95. The molecule has 2 aromatic heterocycles. The zero-order valence-corrected chi connectivity index (χ0v) is 31.2. The van der Waals surface area contributed by atoms with Gasteiger partial charge in [-0.15, -0.1) is 20.3 Å². The second-order valence-corrected chi connectivity index (χ2v) is 15.9. The predicted molar refractivity (Wildman–Crippen MR) is 190 cm³/mol. The van der Waals surface area contributed by atoms with E-state index in [0.717, 1.165) is 47.7 Å². The fourth-order valence-corrected chi connectivity index (χ4v) is 7.35. The quantitative estimate of drug-likeness (QED) is 0.0314. The van der Waals surface area contributed by atoms with Crippen molar-refractivity contribution in [3.8, 4) is 16.9 Å². The number of amides is 2. The Morgan fingerprint density at radius 2 is 2.06 bits per heavy atom. The number of carbonyl (C=O) groups is 3. The number of oxime groups is 1. The highest BCUT2D eigenvalue weighted by Crippen LogP contribution is 2.37. The van der Waals surface area contributed by atoms with Gasteiger partial charge in [-0.2, -0.15) is 18.2 Å². The van der Waals surface area contributed by atoms with E-state index in [-0.39, 0.29) is 23.8 Å². The summed E-state index contributed by atoms with van der Waals surface area (Å²) in [6.07, 6.45) is 2.83. The number of nitrogens with one attached hydrogen (secondary N) is 2. The number of hydroxylamine groups is 2. The molecule has 2 fully saturated rings. The zero-order valence-electron chi connectivity index (χ0n) is 29.5. The number of carboxylic acid groups (broad SMARTS) is 1. The number of nitrogens with zero attached hydrogens (tertiary/aromatic N) is 5. The van der Waals surface area contributed by atoms with Crippen molar-refractivity contribution in [3.05, 3.63) is 47.2 Å². The van der Waals surface area contributed by atoms with Crippen molar-refractivity contribution in [2.45, 2.75) is 76.1 Å². The maximum Gasteiger partial charge on any atom is 0.418 e. The number of β-lactam (4-membered cyclic amide) rings is 1. The molecule has 2 saturated heterocycles. The number of aliphatic carboxylic acids is 1. The summed E-state index contributed by atoms with van der Waals surface area (Å²) in [6.45, 7) is 7.07. The number of aliphatic hydroxyl groups excluding tert-OH is 1. The van der Waals surface area contributed by atoms with Gasteiger partial charge in [0.15, 0.2) is 23.5 Å². The van der Waals surface area contributed by atoms with E-state index in [1.165, 1.54) is 26.2 Å². The molecule has 54 heavy (non-hydrogen) atoms. The average Bonchev–Trinajstić information content (AvgIpc) is 3.71. The Morgan fingerprint density at radius 3 is 2.65 bits per heavy atom. The number of rotatable bonds is 15. The molecule has 20 nitrogen and oxygen atoms in total. The van der Waals surface area contributed by atoms with Crippen molar-refractivity contribution in [1.82, 2.24) is 25.4 Å². The number of aryl methyl sites for hydroxylation is 1. The zero-order chi connectivity index (χ0) is 39.2. The van der Waals surface area contributed by atoms with Crippen LogP contribution < -0.4 is 31.5 Å². The highest BCUT2D eigenvalue weighted by atomic mass is 32.3. The van der Waals surface area contributed by atoms with E-state index in [1.807, 2.05) is 29.2 Å². The average molecular weight is 793 g/mol. The van der Waals surface area contributed by atoms with Gasteiger partial charge in [0.2, 0.25) is 6.20 Å². The van der Waals surface area contributed by atoms with E-state index < -0.39 is 63.3 Å². The Balaban J connectivity index is 1.21. The first-order valence-electron chi connectivity index (χ1n) is 16.9. The van der Waals surface area contributed by atoms with Crippen LogP contribution in [0.5, 0.6) is 5.75 Å². The lowest BCUT2D eigenvalue weighted by molar-refractivity contribution is -0.780. The van der Waals surface area contributed by atoms with Gasteiger partial charge in [-0.05, 0) is 56.9 Å². The number of nitrogen functional groups attached to an aromatic ring is 1. The molecular formula is C32H42N9O11S2+. The maximum atomic E-state index is 13.5. The number of anilines is 1. The Morgan fingerprint density at radius 1 is 1.31 bits per heavy atom. The fourth-order valence-electron chi connectivity index (χ4n) is 6.35. The van der Waals surface area contributed by atoms with Crippen molar-refractivity contribution in [1.29, 1.82) is 0 Å². The van der Waals surface area contributed by atoms with Crippen LogP contribution in [0.2, 0.25) is 0 Å². The van der Waals surface area contributed by atoms with Crippen LogP contribution in [0.25, 0.3) is 11.1 Å². The summed E-state index contributed by atoms with van der Waals surface area (Å²) in [4.78, 5) is 48.7. The minimum Gasteiger partial charge on any atom is -0.485 e. The number of ether oxygens (including phenoxy) is 1. The summed E-state index contributed by atoms with van der Waals surface area (Å²) < 4.78 is 46.0. The molecule has 1 aromatic carbocycles. The molecule has 3 aliphatic rings. The molecule has 2 unspecified atom stereocenters. The minimum absolute atomic E-state index is 0.0565. The maximum absolute atomic E-state index is 13.5. The van der Waals surface area contributed by atoms with Gasteiger partial charge in [0.05, 0.1) is 23.8 Å². The number of aliphatic hydroxyl groups is 1. The Hall–Kier alpha value is -4.71. The number of carbonyl (C=O) groups excluding carboxylic acids is 2. The molecule has 2 amide bonds. The predicted octanol–water partition coefficient (Wildman–Crippen LogP) is -1.18. The molecule has 0 radical (unpaired) electrons. The largest absolute Gasteiger partial charge is 0.485 e. The van der Waals surface area contributed by atoms with Gasteiger partial charge in [-0.25, -0.2) is 9.78 Å². The van der Waals surface area contributed by atoms with E-state index >= 15 is 0 Å². The summed E-state index contributed by atoms with van der Waals surface area (Å²) in [5, 5.41) is 32.1. The third-order valence-corrected chi connectivity index (χ3v) is 10.7. The van der Waals surface area contributed by atoms with Gasteiger partial charge in [-0.1, -0.05) is 11.2 Å². The van der Waals surface area contributed by atoms with E-state index in [9.17, 15) is 33.0 Å². The molecule has 9 N–H and O–H groups in total. The van der Waals surface area contributed by atoms with Crippen molar-refractivity contribution in [3.63, 3.8) is 0 Å². The Labute approximate surface area is 313 Å². The number of hydrogen-bond donors (Lipinski definition) is 7. The molecule has 3 aliphatic heterocycles. The Bertz CT molecular complexity index is 2060. The van der Waals surface area contributed by atoms with Gasteiger partial charge in [0.25, 0.3) is 17.4 Å². The first-order valence-corrected chi connectivity index (χ1v) is 19.2. The summed E-state index contributed by atoms with van der Waals surface area (Å²) in [6, 6.07) is 4.23. The Kier molecular flexibility index (Phi) is 10.7. The minimum atomic E-state index is -5.04. The number of benzene rings is 1. The van der Waals surface area contributed by atoms with E-state index in [2.05, 4.69) is 29.7 Å². The van der Waals surface area contributed by atoms with Crippen LogP contribution in [0.15, 0.2) is 41.1 Å². The smallest absolute Gasteiger partial charge is 0.418 e. The molecule has 4 atom stereocenters. The van der Waals surface area contributed by atoms with Crippen LogP contribution in [-0.2, 0) is 53.4 Å². The number of hydrogen-bond acceptors (Lipinski definition) is 15. The van der Waals surface area contributed by atoms with Crippen molar-refractivity contribution >= 4 is 50.4 Å². The van der Waals surface area contributed by atoms with E-state index in [4.69, 9.17) is 25.6 Å². The molecule has 6 rings (SSSR count). The van der Waals surface area contributed by atoms with Crippen LogP contribution >= 0.6 is 11.3 Å². The highest BCUT2D eigenvalue weighted by molar-refractivity contribution is 7.80. The molecule has 0 saturated carbocycles. The first-order chi connectivity index (χ1) is 25.4. The number of thiazole rings is 1. The molecule has 0 bridgehead atoms. The van der Waals surface area contributed by atoms with Crippen molar-refractivity contribution in [2.75, 3.05) is 25.4 Å². The molecule has 0 aliphatic carbocycles. The SMILES string of the molecule is CC(O/N=C(\C(=O)N[C@@H]1C(=O)N(OS(=O)(=O)O)C1(C)C)c1csc(N)n1)(C(=O)O)[C@H]1CCc2cc(-c3cn(CC4CNC4)[n+](CC(O)CN)c3)ccc2O1. The van der Waals surface area contributed by atoms with Gasteiger partial charge >= 0.3 is 16.4 Å². The monoisotopic (exact) mass is 792 g/mol. The molecule has 0 spiro atoms. The second-order valence-electron chi connectivity index (χ2n) is 14.0. The normalized spacial score (nSPS) is 21.6. The van der Waals surface area contributed by atoms with Crippen LogP contribution in [0.1, 0.15) is 38.4 Å². The fraction of sp³-hybridized carbons (Fsp3) is 0.500. The van der Waals surface area contributed by atoms with Gasteiger partial charge in [0.1, 0.15) is 23.6 Å². The van der Waals surface area contributed by atoms with Gasteiger partial charge in [-0.3, -0.25) is 14.1 Å². The lowest BCUT2D eigenvalue weighted by atomic mass is 9.84.